The van der Waals surface area contributed by atoms with Gasteiger partial charge in [0.05, 0.1) is 11.5 Å². The molecular weight excluding hydrogens is 196 g/mol. The van der Waals surface area contributed by atoms with Crippen LogP contribution in [0.25, 0.3) is 0 Å². The molecule has 15 heavy (non-hydrogen) atoms. The van der Waals surface area contributed by atoms with Gasteiger partial charge in [-0.1, -0.05) is 18.2 Å². The summed E-state index contributed by atoms with van der Waals surface area (Å²) in [6.07, 6.45) is 0. The van der Waals surface area contributed by atoms with Crippen LogP contribution in [0, 0.1) is 17.0 Å². The number of benzene rings is 1. The number of hydrogen-bond acceptors (Lipinski definition) is 4. The Morgan fingerprint density at radius 3 is 2.73 bits per heavy atom. The molecule has 0 aromatic heterocycles. The van der Waals surface area contributed by atoms with Crippen molar-refractivity contribution in [2.24, 2.45) is 5.73 Å². The predicted molar refractivity (Wildman–Crippen MR) is 56.7 cm³/mol. The van der Waals surface area contributed by atoms with E-state index in [1.54, 1.807) is 25.1 Å². The molecular formula is C10H14N2O3. The first-order valence-corrected chi connectivity index (χ1v) is 4.66. The van der Waals surface area contributed by atoms with E-state index in [4.69, 9.17) is 10.8 Å². The van der Waals surface area contributed by atoms with E-state index in [1.807, 2.05) is 0 Å². The fourth-order valence-electron chi connectivity index (χ4n) is 1.56. The molecule has 1 atom stereocenters. The molecule has 5 heteroatoms. The van der Waals surface area contributed by atoms with Crippen molar-refractivity contribution in [3.05, 3.63) is 39.4 Å². The first-order valence-electron chi connectivity index (χ1n) is 4.66. The molecule has 1 aromatic rings. The summed E-state index contributed by atoms with van der Waals surface area (Å²) in [7, 11) is 0. The summed E-state index contributed by atoms with van der Waals surface area (Å²) in [5, 5.41) is 19.9. The first kappa shape index (κ1) is 11.6. The van der Waals surface area contributed by atoms with Crippen LogP contribution in [0.15, 0.2) is 18.2 Å². The number of aliphatic hydroxyl groups excluding tert-OH is 1. The van der Waals surface area contributed by atoms with Gasteiger partial charge in [-0.2, -0.15) is 0 Å². The fraction of sp³-hybridized carbons (Fsp3) is 0.400. The van der Waals surface area contributed by atoms with Gasteiger partial charge in [-0.15, -0.1) is 0 Å². The number of nitro groups is 1. The third-order valence-electron chi connectivity index (χ3n) is 2.40. The average molecular weight is 210 g/mol. The Morgan fingerprint density at radius 1 is 1.60 bits per heavy atom. The second-order valence-electron chi connectivity index (χ2n) is 3.39. The number of hydrogen-bond donors (Lipinski definition) is 2. The molecule has 0 saturated heterocycles. The molecule has 0 aliphatic carbocycles. The van der Waals surface area contributed by atoms with Crippen molar-refractivity contribution in [3.63, 3.8) is 0 Å². The number of aliphatic hydroxyl groups is 1. The van der Waals surface area contributed by atoms with Crippen LogP contribution < -0.4 is 5.73 Å². The smallest absolute Gasteiger partial charge is 0.275 e. The van der Waals surface area contributed by atoms with E-state index in [0.717, 1.165) is 0 Å². The predicted octanol–water partition coefficient (Wildman–Crippen LogP) is 0.938. The number of para-hydroxylation sites is 1. The minimum atomic E-state index is -0.428. The maximum atomic E-state index is 10.9. The number of rotatable bonds is 4. The molecule has 3 N–H and O–H groups in total. The number of nitrogens with two attached hydrogens (primary N) is 1. The summed E-state index contributed by atoms with van der Waals surface area (Å²) in [4.78, 5) is 10.4. The van der Waals surface area contributed by atoms with Crippen molar-refractivity contribution < 1.29 is 10.0 Å². The zero-order valence-electron chi connectivity index (χ0n) is 8.51. The molecule has 0 bridgehead atoms. The van der Waals surface area contributed by atoms with Crippen LogP contribution in [0.2, 0.25) is 0 Å². The van der Waals surface area contributed by atoms with Crippen LogP contribution in [-0.4, -0.2) is 23.2 Å². The minimum absolute atomic E-state index is 0.0574. The van der Waals surface area contributed by atoms with Gasteiger partial charge in [0.15, 0.2) is 0 Å². The van der Waals surface area contributed by atoms with Gasteiger partial charge < -0.3 is 10.8 Å². The van der Waals surface area contributed by atoms with E-state index in [0.29, 0.717) is 11.1 Å². The molecule has 0 spiro atoms. The monoisotopic (exact) mass is 210 g/mol. The molecule has 82 valence electrons. The van der Waals surface area contributed by atoms with Gasteiger partial charge >= 0.3 is 0 Å². The molecule has 1 rings (SSSR count). The summed E-state index contributed by atoms with van der Waals surface area (Å²) >= 11 is 0. The summed E-state index contributed by atoms with van der Waals surface area (Å²) in [5.41, 5.74) is 6.60. The number of nitrogens with zero attached hydrogens (tertiary/aromatic N) is 1. The van der Waals surface area contributed by atoms with Crippen molar-refractivity contribution in [1.82, 2.24) is 0 Å². The Morgan fingerprint density at radius 2 is 2.27 bits per heavy atom. The summed E-state index contributed by atoms with van der Waals surface area (Å²) in [5.74, 6) is -0.370. The van der Waals surface area contributed by atoms with Crippen LogP contribution in [-0.2, 0) is 0 Å². The molecule has 0 radical (unpaired) electrons. The second kappa shape index (κ2) is 4.86. The molecule has 5 nitrogen and oxygen atoms in total. The lowest BCUT2D eigenvalue weighted by Gasteiger charge is -2.12. The van der Waals surface area contributed by atoms with Crippen molar-refractivity contribution >= 4 is 5.69 Å². The van der Waals surface area contributed by atoms with Gasteiger partial charge in [0.25, 0.3) is 5.69 Å². The van der Waals surface area contributed by atoms with Crippen molar-refractivity contribution in [2.45, 2.75) is 12.8 Å². The minimum Gasteiger partial charge on any atom is -0.396 e. The van der Waals surface area contributed by atoms with Crippen LogP contribution in [0.1, 0.15) is 17.0 Å². The highest BCUT2D eigenvalue weighted by atomic mass is 16.6. The van der Waals surface area contributed by atoms with Gasteiger partial charge in [-0.05, 0) is 6.92 Å². The topological polar surface area (TPSA) is 89.4 Å². The Labute approximate surface area is 87.7 Å². The molecule has 1 aromatic carbocycles. The highest BCUT2D eigenvalue weighted by Crippen LogP contribution is 2.28. The molecule has 0 saturated carbocycles. The van der Waals surface area contributed by atoms with Crippen molar-refractivity contribution in [2.75, 3.05) is 13.2 Å². The number of nitro benzene ring substituents is 1. The Bertz CT molecular complexity index is 362. The normalized spacial score (nSPS) is 12.5. The van der Waals surface area contributed by atoms with Gasteiger partial charge in [0.1, 0.15) is 0 Å². The lowest BCUT2D eigenvalue weighted by atomic mass is 9.96. The van der Waals surface area contributed by atoms with Crippen molar-refractivity contribution in [3.8, 4) is 0 Å². The van der Waals surface area contributed by atoms with Crippen molar-refractivity contribution in [1.29, 1.82) is 0 Å². The van der Waals surface area contributed by atoms with Crippen LogP contribution in [0.4, 0.5) is 5.69 Å². The van der Waals surface area contributed by atoms with E-state index in [-0.39, 0.29) is 24.8 Å². The van der Waals surface area contributed by atoms with E-state index >= 15 is 0 Å². The third kappa shape index (κ3) is 2.31. The lowest BCUT2D eigenvalue weighted by Crippen LogP contribution is -2.17. The molecule has 0 aliphatic rings. The average Bonchev–Trinajstić information content (AvgIpc) is 2.19. The van der Waals surface area contributed by atoms with Crippen LogP contribution in [0.5, 0.6) is 0 Å². The van der Waals surface area contributed by atoms with E-state index in [2.05, 4.69) is 0 Å². The molecule has 0 heterocycles. The Hall–Kier alpha value is -1.46. The van der Waals surface area contributed by atoms with E-state index in [1.165, 1.54) is 0 Å². The fourth-order valence-corrected chi connectivity index (χ4v) is 1.56. The highest BCUT2D eigenvalue weighted by Gasteiger charge is 2.22. The SMILES string of the molecule is Cc1cccc(C(CN)CO)c1[N+](=O)[O-]. The van der Waals surface area contributed by atoms with Gasteiger partial charge in [0, 0.05) is 23.6 Å². The second-order valence-corrected chi connectivity index (χ2v) is 3.39. The Balaban J connectivity index is 3.27. The first-order chi connectivity index (χ1) is 7.11. The lowest BCUT2D eigenvalue weighted by molar-refractivity contribution is -0.386. The zero-order valence-corrected chi connectivity index (χ0v) is 8.51. The maximum Gasteiger partial charge on any atom is 0.275 e. The van der Waals surface area contributed by atoms with Crippen LogP contribution in [0.3, 0.4) is 0 Å². The molecule has 1 unspecified atom stereocenters. The summed E-state index contributed by atoms with van der Waals surface area (Å²) in [6.45, 7) is 1.69. The Kier molecular flexibility index (Phi) is 3.76. The van der Waals surface area contributed by atoms with E-state index < -0.39 is 4.92 Å². The maximum absolute atomic E-state index is 10.9. The van der Waals surface area contributed by atoms with Gasteiger partial charge in [-0.3, -0.25) is 10.1 Å². The third-order valence-corrected chi connectivity index (χ3v) is 2.40. The van der Waals surface area contributed by atoms with Gasteiger partial charge in [-0.25, -0.2) is 0 Å². The summed E-state index contributed by atoms with van der Waals surface area (Å²) < 4.78 is 0. The quantitative estimate of drug-likeness (QED) is 0.571. The molecule has 0 aliphatic heterocycles. The summed E-state index contributed by atoms with van der Waals surface area (Å²) in [6, 6.07) is 5.04. The standard InChI is InChI=1S/C10H14N2O3/c1-7-3-2-4-9(8(5-11)6-13)10(7)12(14)15/h2-4,8,13H,5-6,11H2,1H3. The molecule has 0 amide bonds. The number of aryl methyl sites for hydroxylation is 1. The highest BCUT2D eigenvalue weighted by molar-refractivity contribution is 5.49. The molecule has 0 fully saturated rings. The largest absolute Gasteiger partial charge is 0.396 e. The van der Waals surface area contributed by atoms with E-state index in [9.17, 15) is 10.1 Å². The zero-order chi connectivity index (χ0) is 11.4. The van der Waals surface area contributed by atoms with Gasteiger partial charge in [0.2, 0.25) is 0 Å². The van der Waals surface area contributed by atoms with Crippen LogP contribution >= 0.6 is 0 Å².